The van der Waals surface area contributed by atoms with Crippen LogP contribution in [0.4, 0.5) is 0 Å². The molecule has 0 amide bonds. The average Bonchev–Trinajstić information content (AvgIpc) is 3.19. The Hall–Kier alpha value is -0.790. The third kappa shape index (κ3) is 49.3. The summed E-state index contributed by atoms with van der Waals surface area (Å²) in [4.78, 5) is 12.0. The molecule has 0 aliphatic rings. The largest absolute Gasteiger partial charge is 0.466 e. The monoisotopic (exact) mass is 773 g/mol. The van der Waals surface area contributed by atoms with Crippen molar-refractivity contribution < 1.29 is 9.53 Å². The number of carbonyl (C=O) groups is 1. The first kappa shape index (κ1) is 54.2. The molecule has 0 spiro atoms. The average molecular weight is 773 g/mol. The van der Waals surface area contributed by atoms with Gasteiger partial charge in [0, 0.05) is 6.42 Å². The third-order valence-electron chi connectivity index (χ3n) is 12.4. The number of ether oxygens (including phenoxy) is 1. The van der Waals surface area contributed by atoms with E-state index in [1.807, 2.05) is 0 Å². The minimum atomic E-state index is 0.0215. The Kier molecular flexibility index (Phi) is 48.6. The first-order valence-electron chi connectivity index (χ1n) is 26.0. The van der Waals surface area contributed by atoms with Crippen molar-refractivity contribution in [1.82, 2.24) is 0 Å². The SMILES string of the molecule is CCCCCCCC/C=C\CCCCCCCC(=O)OCCCCCCCCCCCCCCCCCCCCCCCCCCCCCCCC(C)CC. The standard InChI is InChI=1S/C53H104O2/c1-4-6-7-8-9-10-11-12-28-32-35-38-41-44-47-50-53(54)55-51-48-45-42-39-36-33-30-27-25-23-21-19-17-15-13-14-16-18-20-22-24-26-29-31-34-37-40-43-46-49-52(3)5-2/h12,28,52H,4-11,13-27,29-51H2,1-3H3/b28-12-. The van der Waals surface area contributed by atoms with Gasteiger partial charge in [0.25, 0.3) is 0 Å². The van der Waals surface area contributed by atoms with E-state index in [1.54, 1.807) is 0 Å². The smallest absolute Gasteiger partial charge is 0.305 e. The highest BCUT2D eigenvalue weighted by atomic mass is 16.5. The van der Waals surface area contributed by atoms with Gasteiger partial charge in [0.1, 0.15) is 0 Å². The molecule has 0 aliphatic heterocycles. The Morgan fingerprint density at radius 1 is 0.382 bits per heavy atom. The molecular weight excluding hydrogens is 669 g/mol. The minimum absolute atomic E-state index is 0.0215. The lowest BCUT2D eigenvalue weighted by atomic mass is 9.99. The van der Waals surface area contributed by atoms with E-state index in [0.717, 1.165) is 25.2 Å². The topological polar surface area (TPSA) is 26.3 Å². The fourth-order valence-corrected chi connectivity index (χ4v) is 8.17. The van der Waals surface area contributed by atoms with E-state index < -0.39 is 0 Å². The van der Waals surface area contributed by atoms with Crippen molar-refractivity contribution in [1.29, 1.82) is 0 Å². The molecule has 0 radical (unpaired) electrons. The zero-order valence-corrected chi connectivity index (χ0v) is 38.6. The first-order chi connectivity index (χ1) is 27.2. The Morgan fingerprint density at radius 3 is 1.02 bits per heavy atom. The molecule has 0 rings (SSSR count). The van der Waals surface area contributed by atoms with Gasteiger partial charge in [-0.3, -0.25) is 4.79 Å². The summed E-state index contributed by atoms with van der Waals surface area (Å²) in [5.74, 6) is 0.961. The Labute approximate surface area is 348 Å². The van der Waals surface area contributed by atoms with Crippen molar-refractivity contribution in [2.75, 3.05) is 6.61 Å². The molecule has 0 heterocycles. The van der Waals surface area contributed by atoms with Crippen molar-refractivity contribution in [3.63, 3.8) is 0 Å². The maximum atomic E-state index is 12.0. The second-order valence-electron chi connectivity index (χ2n) is 18.1. The van der Waals surface area contributed by atoms with Crippen molar-refractivity contribution in [3.8, 4) is 0 Å². The van der Waals surface area contributed by atoms with Crippen molar-refractivity contribution in [2.24, 2.45) is 5.92 Å². The number of hydrogen-bond donors (Lipinski definition) is 0. The number of hydrogen-bond acceptors (Lipinski definition) is 2. The van der Waals surface area contributed by atoms with Gasteiger partial charge in [-0.15, -0.1) is 0 Å². The summed E-state index contributed by atoms with van der Waals surface area (Å²) >= 11 is 0. The Morgan fingerprint density at radius 2 is 0.673 bits per heavy atom. The van der Waals surface area contributed by atoms with Crippen molar-refractivity contribution in [2.45, 2.75) is 310 Å². The molecule has 2 nitrogen and oxygen atoms in total. The van der Waals surface area contributed by atoms with Crippen LogP contribution in [-0.2, 0) is 9.53 Å². The van der Waals surface area contributed by atoms with Crippen molar-refractivity contribution in [3.05, 3.63) is 12.2 Å². The van der Waals surface area contributed by atoms with Crippen LogP contribution in [0, 0.1) is 5.92 Å². The maximum absolute atomic E-state index is 12.0. The van der Waals surface area contributed by atoms with Gasteiger partial charge in [-0.1, -0.05) is 277 Å². The highest BCUT2D eigenvalue weighted by Crippen LogP contribution is 2.18. The molecule has 0 bridgehead atoms. The molecule has 0 aliphatic carbocycles. The van der Waals surface area contributed by atoms with Gasteiger partial charge in [0.15, 0.2) is 0 Å². The highest BCUT2D eigenvalue weighted by Gasteiger charge is 2.03. The normalized spacial score (nSPS) is 12.3. The number of rotatable bonds is 48. The van der Waals surface area contributed by atoms with Gasteiger partial charge >= 0.3 is 5.97 Å². The van der Waals surface area contributed by atoms with Crippen LogP contribution >= 0.6 is 0 Å². The Bertz CT molecular complexity index is 728. The van der Waals surface area contributed by atoms with Crippen molar-refractivity contribution >= 4 is 5.97 Å². The van der Waals surface area contributed by atoms with Crippen LogP contribution in [0.3, 0.4) is 0 Å². The third-order valence-corrected chi connectivity index (χ3v) is 12.4. The van der Waals surface area contributed by atoms with E-state index >= 15 is 0 Å². The lowest BCUT2D eigenvalue weighted by molar-refractivity contribution is -0.143. The van der Waals surface area contributed by atoms with E-state index in [0.29, 0.717) is 13.0 Å². The molecule has 0 saturated heterocycles. The molecule has 328 valence electrons. The van der Waals surface area contributed by atoms with Gasteiger partial charge in [-0.2, -0.15) is 0 Å². The summed E-state index contributed by atoms with van der Waals surface area (Å²) in [7, 11) is 0. The molecule has 55 heavy (non-hydrogen) atoms. The molecule has 0 aromatic carbocycles. The molecule has 0 aromatic heterocycles. The summed E-state index contributed by atoms with van der Waals surface area (Å²) < 4.78 is 5.48. The fraction of sp³-hybridized carbons (Fsp3) is 0.943. The lowest BCUT2D eigenvalue weighted by Gasteiger charge is -2.07. The number of esters is 1. The fourth-order valence-electron chi connectivity index (χ4n) is 8.17. The minimum Gasteiger partial charge on any atom is -0.466 e. The van der Waals surface area contributed by atoms with Crippen LogP contribution in [0.5, 0.6) is 0 Å². The molecule has 2 heteroatoms. The first-order valence-corrected chi connectivity index (χ1v) is 26.0. The zero-order chi connectivity index (χ0) is 39.8. The summed E-state index contributed by atoms with van der Waals surface area (Å²) in [6.07, 6.45) is 66.4. The summed E-state index contributed by atoms with van der Waals surface area (Å²) in [6.45, 7) is 7.64. The van der Waals surface area contributed by atoms with Gasteiger partial charge in [0.2, 0.25) is 0 Å². The summed E-state index contributed by atoms with van der Waals surface area (Å²) in [5, 5.41) is 0. The van der Waals surface area contributed by atoms with Crippen LogP contribution in [0.25, 0.3) is 0 Å². The van der Waals surface area contributed by atoms with E-state index in [9.17, 15) is 4.79 Å². The van der Waals surface area contributed by atoms with E-state index in [1.165, 1.54) is 263 Å². The Balaban J connectivity index is 3.15. The van der Waals surface area contributed by atoms with E-state index in [-0.39, 0.29) is 5.97 Å². The summed E-state index contributed by atoms with van der Waals surface area (Å²) in [6, 6.07) is 0. The number of allylic oxidation sites excluding steroid dienone is 2. The van der Waals surface area contributed by atoms with Crippen LogP contribution < -0.4 is 0 Å². The van der Waals surface area contributed by atoms with E-state index in [4.69, 9.17) is 4.74 Å². The van der Waals surface area contributed by atoms with Crippen LogP contribution in [-0.4, -0.2) is 12.6 Å². The highest BCUT2D eigenvalue weighted by molar-refractivity contribution is 5.69. The quantitative estimate of drug-likeness (QED) is 0.0350. The molecule has 0 aromatic rings. The molecule has 0 saturated carbocycles. The molecule has 0 fully saturated rings. The number of unbranched alkanes of at least 4 members (excludes halogenated alkanes) is 39. The number of carbonyl (C=O) groups excluding carboxylic acids is 1. The van der Waals surface area contributed by atoms with Gasteiger partial charge in [-0.05, 0) is 44.4 Å². The predicted molar refractivity (Wildman–Crippen MR) is 248 cm³/mol. The molecule has 1 atom stereocenters. The second-order valence-corrected chi connectivity index (χ2v) is 18.1. The van der Waals surface area contributed by atoms with E-state index in [2.05, 4.69) is 32.9 Å². The maximum Gasteiger partial charge on any atom is 0.305 e. The predicted octanol–water partition coefficient (Wildman–Crippen LogP) is 19.3. The van der Waals surface area contributed by atoms with Gasteiger partial charge < -0.3 is 4.74 Å². The van der Waals surface area contributed by atoms with Crippen LogP contribution in [0.1, 0.15) is 310 Å². The van der Waals surface area contributed by atoms with Gasteiger partial charge in [0.05, 0.1) is 6.61 Å². The molecule has 1 unspecified atom stereocenters. The molecular formula is C53H104O2. The summed E-state index contributed by atoms with van der Waals surface area (Å²) in [5.41, 5.74) is 0. The lowest BCUT2D eigenvalue weighted by Crippen LogP contribution is -2.05. The molecule has 0 N–H and O–H groups in total. The second kappa shape index (κ2) is 49.4. The van der Waals surface area contributed by atoms with Crippen LogP contribution in [0.2, 0.25) is 0 Å². The zero-order valence-electron chi connectivity index (χ0n) is 38.6. The van der Waals surface area contributed by atoms with Crippen LogP contribution in [0.15, 0.2) is 12.2 Å². The van der Waals surface area contributed by atoms with Gasteiger partial charge in [-0.25, -0.2) is 0 Å².